The largest absolute Gasteiger partial charge is 0.498 e. The first kappa shape index (κ1) is 30.5. The number of rotatable bonds is 12. The number of carbonyl (C=O) groups excluding carboxylic acids is 2. The third-order valence-corrected chi connectivity index (χ3v) is 15.1. The highest BCUT2D eigenvalue weighted by Gasteiger charge is 2.49. The zero-order valence-corrected chi connectivity index (χ0v) is 25.0. The fourth-order valence-corrected chi connectivity index (χ4v) is 15.9. The van der Waals surface area contributed by atoms with E-state index < -0.39 is 57.9 Å². The van der Waals surface area contributed by atoms with Gasteiger partial charge in [0.2, 0.25) is 0 Å². The number of aliphatic hydroxyl groups excluding tert-OH is 1. The second-order valence-corrected chi connectivity index (χ2v) is 27.3. The maximum absolute atomic E-state index is 12.7. The quantitative estimate of drug-likeness (QED) is 0.177. The minimum absolute atomic E-state index is 0.0206. The van der Waals surface area contributed by atoms with Crippen LogP contribution in [0.1, 0.15) is 26.7 Å². The molecule has 2 N–H and O–H groups in total. The lowest BCUT2D eigenvalue weighted by molar-refractivity contribution is -0.176. The Morgan fingerprint density at radius 2 is 1.26 bits per heavy atom. The molecule has 0 aliphatic carbocycles. The van der Waals surface area contributed by atoms with Crippen LogP contribution in [0.15, 0.2) is 11.3 Å². The van der Waals surface area contributed by atoms with Crippen molar-refractivity contribution in [2.45, 2.75) is 91.2 Å². The van der Waals surface area contributed by atoms with E-state index in [2.05, 4.69) is 0 Å². The van der Waals surface area contributed by atoms with E-state index in [-0.39, 0.29) is 12.0 Å². The fourth-order valence-electron chi connectivity index (χ4n) is 2.67. The van der Waals surface area contributed by atoms with Crippen LogP contribution in [0.3, 0.4) is 0 Å². The van der Waals surface area contributed by atoms with Crippen molar-refractivity contribution in [3.05, 3.63) is 11.3 Å². The Morgan fingerprint density at radius 3 is 1.55 bits per heavy atom. The van der Waals surface area contributed by atoms with Crippen molar-refractivity contribution in [1.82, 2.24) is 0 Å². The van der Waals surface area contributed by atoms with Crippen molar-refractivity contribution < 1.29 is 36.9 Å². The lowest BCUT2D eigenvalue weighted by Crippen LogP contribution is -2.59. The number of hydrogen-bond donors (Lipinski definition) is 2. The van der Waals surface area contributed by atoms with Gasteiger partial charge in [-0.2, -0.15) is 0 Å². The van der Waals surface area contributed by atoms with Crippen LogP contribution >= 0.6 is 0 Å². The van der Waals surface area contributed by atoms with Gasteiger partial charge in [-0.1, -0.05) is 13.3 Å². The molecule has 1 unspecified atom stereocenters. The standard InChI is InChI=1S/C19H42O8Si4/c1-12-13-19(23,15-20)18(22)24-17(21)16(2)14-31(25-28(3,4)5,26-29(6,7)8)27-30(9,10)11/h14,20,23H,12-13,15H2,1-11H3/b16-14+. The Morgan fingerprint density at radius 1 is 0.871 bits per heavy atom. The summed E-state index contributed by atoms with van der Waals surface area (Å²) in [6.45, 7) is 20.6. The van der Waals surface area contributed by atoms with Gasteiger partial charge in [-0.3, -0.25) is 0 Å². The summed E-state index contributed by atoms with van der Waals surface area (Å²) in [5, 5.41) is 19.7. The molecule has 1 atom stereocenters. The van der Waals surface area contributed by atoms with Crippen LogP contribution in [0.25, 0.3) is 0 Å². The first-order valence-corrected chi connectivity index (χ1v) is 22.6. The molecule has 0 saturated heterocycles. The van der Waals surface area contributed by atoms with Gasteiger partial charge in [0.1, 0.15) is 0 Å². The molecular formula is C19H42O8Si4. The summed E-state index contributed by atoms with van der Waals surface area (Å²) in [5.74, 6) is -2.10. The maximum atomic E-state index is 12.7. The van der Waals surface area contributed by atoms with E-state index in [1.807, 2.05) is 58.9 Å². The molecular weight excluding hydrogens is 469 g/mol. The number of ether oxygens (including phenoxy) is 1. The first-order valence-electron chi connectivity index (χ1n) is 10.6. The summed E-state index contributed by atoms with van der Waals surface area (Å²) in [5.41, 5.74) is -0.445. The molecule has 0 aliphatic rings. The topological polar surface area (TPSA) is 112 Å². The van der Waals surface area contributed by atoms with Gasteiger partial charge in [-0.15, -0.1) is 0 Å². The molecule has 0 radical (unpaired) electrons. The van der Waals surface area contributed by atoms with E-state index in [9.17, 15) is 19.8 Å². The van der Waals surface area contributed by atoms with Crippen LogP contribution in [0.2, 0.25) is 58.9 Å². The number of esters is 2. The van der Waals surface area contributed by atoms with E-state index in [0.29, 0.717) is 6.42 Å². The van der Waals surface area contributed by atoms with Crippen LogP contribution in [0, 0.1) is 0 Å². The highest BCUT2D eigenvalue weighted by atomic mass is 28.5. The predicted octanol–water partition coefficient (Wildman–Crippen LogP) is 3.56. The molecule has 0 aromatic heterocycles. The SMILES string of the molecule is CCCC(O)(CO)C(=O)OC(=O)/C(C)=C/[Si](O[Si](C)(C)C)(O[Si](C)(C)C)O[Si](C)(C)C. The molecule has 0 heterocycles. The van der Waals surface area contributed by atoms with E-state index in [4.69, 9.17) is 17.1 Å². The van der Waals surface area contributed by atoms with Crippen LogP contribution in [0.4, 0.5) is 0 Å². The number of hydrogen-bond acceptors (Lipinski definition) is 8. The number of aliphatic hydroxyl groups is 2. The Balaban J connectivity index is 6.16. The smallest absolute Gasteiger partial charge is 0.414 e. The Hall–Kier alpha value is -0.452. The Labute approximate surface area is 191 Å². The second kappa shape index (κ2) is 11.1. The van der Waals surface area contributed by atoms with E-state index >= 15 is 0 Å². The molecule has 0 rings (SSSR count). The van der Waals surface area contributed by atoms with Gasteiger partial charge >= 0.3 is 20.7 Å². The molecule has 0 aromatic rings. The van der Waals surface area contributed by atoms with E-state index in [1.54, 1.807) is 12.6 Å². The molecule has 0 bridgehead atoms. The minimum atomic E-state index is -3.45. The average Bonchev–Trinajstić information content (AvgIpc) is 2.48. The third kappa shape index (κ3) is 11.8. The molecule has 0 amide bonds. The first-order chi connectivity index (χ1) is 13.7. The second-order valence-electron chi connectivity index (χ2n) is 10.7. The van der Waals surface area contributed by atoms with Gasteiger partial charge < -0.3 is 27.3 Å². The van der Waals surface area contributed by atoms with Crippen molar-refractivity contribution in [2.75, 3.05) is 6.61 Å². The van der Waals surface area contributed by atoms with Crippen LogP contribution in [0.5, 0.6) is 0 Å². The highest BCUT2D eigenvalue weighted by Crippen LogP contribution is 2.28. The Bertz CT molecular complexity index is 620. The molecule has 8 nitrogen and oxygen atoms in total. The van der Waals surface area contributed by atoms with E-state index in [0.717, 1.165) is 0 Å². The number of carbonyl (C=O) groups is 2. The van der Waals surface area contributed by atoms with Crippen molar-refractivity contribution >= 4 is 45.7 Å². The molecule has 0 spiro atoms. The summed E-state index contributed by atoms with van der Waals surface area (Å²) in [4.78, 5) is 25.0. The zero-order chi connectivity index (χ0) is 24.9. The van der Waals surface area contributed by atoms with Crippen LogP contribution in [-0.4, -0.2) is 68.1 Å². The predicted molar refractivity (Wildman–Crippen MR) is 131 cm³/mol. The summed E-state index contributed by atoms with van der Waals surface area (Å²) < 4.78 is 24.3. The molecule has 31 heavy (non-hydrogen) atoms. The van der Waals surface area contributed by atoms with Crippen molar-refractivity contribution in [3.8, 4) is 0 Å². The summed E-state index contributed by atoms with van der Waals surface area (Å²) in [7, 11) is -9.91. The molecule has 0 fully saturated rings. The Kier molecular flexibility index (Phi) is 11.0. The average molecular weight is 511 g/mol. The molecule has 182 valence electrons. The van der Waals surface area contributed by atoms with Gasteiger partial charge in [-0.25, -0.2) is 9.59 Å². The molecule has 12 heteroatoms. The lowest BCUT2D eigenvalue weighted by atomic mass is 10.00. The lowest BCUT2D eigenvalue weighted by Gasteiger charge is -2.41. The monoisotopic (exact) mass is 510 g/mol. The van der Waals surface area contributed by atoms with Gasteiger partial charge in [0.15, 0.2) is 30.6 Å². The zero-order valence-electron chi connectivity index (χ0n) is 21.0. The highest BCUT2D eigenvalue weighted by molar-refractivity contribution is 6.92. The summed E-state index contributed by atoms with van der Waals surface area (Å²) in [6.07, 6.45) is 0.413. The van der Waals surface area contributed by atoms with Crippen LogP contribution < -0.4 is 0 Å². The van der Waals surface area contributed by atoms with Crippen molar-refractivity contribution in [3.63, 3.8) is 0 Å². The third-order valence-electron chi connectivity index (χ3n) is 3.55. The maximum Gasteiger partial charge on any atom is 0.498 e. The summed E-state index contributed by atoms with van der Waals surface area (Å²) in [6, 6.07) is 0. The van der Waals surface area contributed by atoms with Crippen molar-refractivity contribution in [2.24, 2.45) is 0 Å². The van der Waals surface area contributed by atoms with Gasteiger partial charge in [0, 0.05) is 5.57 Å². The fraction of sp³-hybridized carbons (Fsp3) is 0.789. The van der Waals surface area contributed by atoms with Crippen LogP contribution in [-0.2, 0) is 26.7 Å². The summed E-state index contributed by atoms with van der Waals surface area (Å²) >= 11 is 0. The molecule has 0 aliphatic heterocycles. The molecule has 0 aromatic carbocycles. The van der Waals surface area contributed by atoms with E-state index in [1.165, 1.54) is 6.92 Å². The van der Waals surface area contributed by atoms with Gasteiger partial charge in [0.25, 0.3) is 0 Å². The minimum Gasteiger partial charge on any atom is -0.414 e. The van der Waals surface area contributed by atoms with Gasteiger partial charge in [-0.05, 0) is 78.0 Å². The normalized spacial score (nSPS) is 16.1. The van der Waals surface area contributed by atoms with Crippen molar-refractivity contribution in [1.29, 1.82) is 0 Å². The van der Waals surface area contributed by atoms with Gasteiger partial charge in [0.05, 0.1) is 6.61 Å². The molecule has 0 saturated carbocycles.